The van der Waals surface area contributed by atoms with Gasteiger partial charge in [-0.25, -0.2) is 0 Å². The van der Waals surface area contributed by atoms with Gasteiger partial charge in [0.15, 0.2) is 5.96 Å². The Morgan fingerprint density at radius 1 is 1.14 bits per heavy atom. The molecule has 2 aliphatic heterocycles. The molecule has 2 saturated heterocycles. The Labute approximate surface area is 176 Å². The molecule has 2 heterocycles. The van der Waals surface area contributed by atoms with Crippen molar-refractivity contribution in [2.75, 3.05) is 46.4 Å². The van der Waals surface area contributed by atoms with E-state index in [1.807, 2.05) is 7.05 Å². The molecular formula is C24H38N4O. The Hall–Kier alpha value is -1.59. The van der Waals surface area contributed by atoms with Crippen molar-refractivity contribution in [3.05, 3.63) is 35.9 Å². The van der Waals surface area contributed by atoms with E-state index in [-0.39, 0.29) is 0 Å². The lowest BCUT2D eigenvalue weighted by Gasteiger charge is -2.48. The van der Waals surface area contributed by atoms with Crippen LogP contribution < -0.4 is 5.32 Å². The van der Waals surface area contributed by atoms with Crippen LogP contribution in [0.3, 0.4) is 0 Å². The van der Waals surface area contributed by atoms with E-state index in [0.717, 1.165) is 63.6 Å². The largest absolute Gasteiger partial charge is 0.381 e. The maximum Gasteiger partial charge on any atom is 0.193 e. The third-order valence-electron chi connectivity index (χ3n) is 6.72. The molecule has 0 spiro atoms. The van der Waals surface area contributed by atoms with E-state index >= 15 is 0 Å². The standard InChI is InChI=1S/C24H38N4O/c1-25-24(26-13-6-16-29-19-21-10-11-21)28-15-12-23-22(18-28)9-5-14-27(23)17-20-7-3-2-4-8-20/h2-4,7-8,21-23H,5-6,9-19H2,1H3,(H,25,26). The second-order valence-corrected chi connectivity index (χ2v) is 9.01. The fraction of sp³-hybridized carbons (Fsp3) is 0.708. The van der Waals surface area contributed by atoms with Gasteiger partial charge in [0, 0.05) is 52.5 Å². The summed E-state index contributed by atoms with van der Waals surface area (Å²) in [6, 6.07) is 11.7. The van der Waals surface area contributed by atoms with Gasteiger partial charge in [0.05, 0.1) is 0 Å². The van der Waals surface area contributed by atoms with Crippen molar-refractivity contribution in [3.8, 4) is 0 Å². The minimum atomic E-state index is 0.717. The fourth-order valence-electron chi connectivity index (χ4n) is 4.95. The number of benzene rings is 1. The molecule has 5 nitrogen and oxygen atoms in total. The Morgan fingerprint density at radius 2 is 2.00 bits per heavy atom. The van der Waals surface area contributed by atoms with Crippen LogP contribution in [-0.2, 0) is 11.3 Å². The molecule has 160 valence electrons. The molecule has 1 aromatic rings. The molecule has 0 amide bonds. The van der Waals surface area contributed by atoms with Crippen LogP contribution in [-0.4, -0.2) is 68.2 Å². The Kier molecular flexibility index (Phi) is 7.44. The molecule has 29 heavy (non-hydrogen) atoms. The number of aliphatic imine (C=N–C) groups is 1. The first-order chi connectivity index (χ1) is 14.3. The molecular weight excluding hydrogens is 360 g/mol. The molecule has 2 unspecified atom stereocenters. The van der Waals surface area contributed by atoms with Crippen molar-refractivity contribution < 1.29 is 4.74 Å². The van der Waals surface area contributed by atoms with Crippen LogP contribution in [0.25, 0.3) is 0 Å². The van der Waals surface area contributed by atoms with Crippen molar-refractivity contribution in [2.24, 2.45) is 16.8 Å². The molecule has 1 N–H and O–H groups in total. The van der Waals surface area contributed by atoms with Crippen molar-refractivity contribution in [1.29, 1.82) is 0 Å². The zero-order valence-corrected chi connectivity index (χ0v) is 18.1. The molecule has 3 fully saturated rings. The lowest BCUT2D eigenvalue weighted by molar-refractivity contribution is 0.0372. The first-order valence-corrected chi connectivity index (χ1v) is 11.6. The molecule has 1 aliphatic carbocycles. The molecule has 2 atom stereocenters. The Bertz CT molecular complexity index is 646. The van der Waals surface area contributed by atoms with Gasteiger partial charge in [-0.2, -0.15) is 0 Å². The lowest BCUT2D eigenvalue weighted by Crippen LogP contribution is -2.56. The fourth-order valence-corrected chi connectivity index (χ4v) is 4.95. The highest BCUT2D eigenvalue weighted by Crippen LogP contribution is 2.31. The third-order valence-corrected chi connectivity index (χ3v) is 6.72. The molecule has 1 saturated carbocycles. The predicted octanol–water partition coefficient (Wildman–Crippen LogP) is 3.37. The summed E-state index contributed by atoms with van der Waals surface area (Å²) in [5.74, 6) is 2.68. The van der Waals surface area contributed by atoms with Crippen LogP contribution >= 0.6 is 0 Å². The smallest absolute Gasteiger partial charge is 0.193 e. The number of hydrogen-bond acceptors (Lipinski definition) is 3. The van der Waals surface area contributed by atoms with E-state index in [1.165, 1.54) is 44.2 Å². The Morgan fingerprint density at radius 3 is 2.79 bits per heavy atom. The van der Waals surface area contributed by atoms with Gasteiger partial charge >= 0.3 is 0 Å². The van der Waals surface area contributed by atoms with E-state index in [0.29, 0.717) is 6.04 Å². The first kappa shape index (κ1) is 20.7. The summed E-state index contributed by atoms with van der Waals surface area (Å²) in [6.07, 6.45) is 7.68. The summed E-state index contributed by atoms with van der Waals surface area (Å²) in [5.41, 5.74) is 1.44. The zero-order valence-electron chi connectivity index (χ0n) is 18.1. The maximum absolute atomic E-state index is 5.75. The number of nitrogens with zero attached hydrogens (tertiary/aromatic N) is 3. The second kappa shape index (κ2) is 10.4. The van der Waals surface area contributed by atoms with Crippen LogP contribution in [0.1, 0.15) is 44.1 Å². The molecule has 1 aromatic carbocycles. The Balaban J connectivity index is 1.22. The number of likely N-dealkylation sites (tertiary alicyclic amines) is 2. The molecule has 5 heteroatoms. The average molecular weight is 399 g/mol. The molecule has 0 aromatic heterocycles. The lowest BCUT2D eigenvalue weighted by atomic mass is 9.83. The predicted molar refractivity (Wildman–Crippen MR) is 119 cm³/mol. The highest BCUT2D eigenvalue weighted by Gasteiger charge is 2.36. The van der Waals surface area contributed by atoms with E-state index in [1.54, 1.807) is 0 Å². The third kappa shape index (κ3) is 5.95. The summed E-state index contributed by atoms with van der Waals surface area (Å²) in [4.78, 5) is 9.78. The molecule has 3 aliphatic rings. The molecule has 0 radical (unpaired) electrons. The quantitative estimate of drug-likeness (QED) is 0.414. The van der Waals surface area contributed by atoms with Crippen LogP contribution in [0.15, 0.2) is 35.3 Å². The van der Waals surface area contributed by atoms with Crippen LogP contribution in [0, 0.1) is 11.8 Å². The average Bonchev–Trinajstić information content (AvgIpc) is 3.58. The van der Waals surface area contributed by atoms with Crippen molar-refractivity contribution in [3.63, 3.8) is 0 Å². The summed E-state index contributed by atoms with van der Waals surface area (Å²) < 4.78 is 5.75. The summed E-state index contributed by atoms with van der Waals surface area (Å²) in [7, 11) is 1.92. The number of piperidine rings is 2. The summed E-state index contributed by atoms with van der Waals surface area (Å²) >= 11 is 0. The minimum absolute atomic E-state index is 0.717. The zero-order chi connectivity index (χ0) is 19.9. The van der Waals surface area contributed by atoms with Gasteiger partial charge in [-0.05, 0) is 62.5 Å². The maximum atomic E-state index is 5.75. The minimum Gasteiger partial charge on any atom is -0.381 e. The van der Waals surface area contributed by atoms with E-state index in [4.69, 9.17) is 4.74 Å². The van der Waals surface area contributed by atoms with E-state index in [2.05, 4.69) is 50.4 Å². The summed E-state index contributed by atoms with van der Waals surface area (Å²) in [6.45, 7) is 7.34. The number of ether oxygens (including phenoxy) is 1. The van der Waals surface area contributed by atoms with Crippen LogP contribution in [0.5, 0.6) is 0 Å². The number of hydrogen-bond donors (Lipinski definition) is 1. The van der Waals surface area contributed by atoms with Crippen molar-refractivity contribution in [1.82, 2.24) is 15.1 Å². The second-order valence-electron chi connectivity index (χ2n) is 9.01. The van der Waals surface area contributed by atoms with Gasteiger partial charge in [-0.15, -0.1) is 0 Å². The van der Waals surface area contributed by atoms with Gasteiger partial charge in [0.2, 0.25) is 0 Å². The van der Waals surface area contributed by atoms with Gasteiger partial charge in [-0.3, -0.25) is 9.89 Å². The van der Waals surface area contributed by atoms with Crippen LogP contribution in [0.4, 0.5) is 0 Å². The van der Waals surface area contributed by atoms with Gasteiger partial charge in [0.25, 0.3) is 0 Å². The molecule has 4 rings (SSSR count). The van der Waals surface area contributed by atoms with E-state index < -0.39 is 0 Å². The number of rotatable bonds is 8. The first-order valence-electron chi connectivity index (χ1n) is 11.6. The van der Waals surface area contributed by atoms with Gasteiger partial charge in [-0.1, -0.05) is 30.3 Å². The highest BCUT2D eigenvalue weighted by molar-refractivity contribution is 5.80. The highest BCUT2D eigenvalue weighted by atomic mass is 16.5. The molecule has 0 bridgehead atoms. The number of nitrogens with one attached hydrogen (secondary N) is 1. The SMILES string of the molecule is CN=C(NCCCOCC1CC1)N1CCC2C(CCCN2Cc2ccccc2)C1. The number of guanidine groups is 1. The number of fused-ring (bicyclic) bond motifs is 1. The van der Waals surface area contributed by atoms with E-state index in [9.17, 15) is 0 Å². The monoisotopic (exact) mass is 398 g/mol. The van der Waals surface area contributed by atoms with Crippen LogP contribution in [0.2, 0.25) is 0 Å². The van der Waals surface area contributed by atoms with Gasteiger partial charge in [0.1, 0.15) is 0 Å². The van der Waals surface area contributed by atoms with Crippen molar-refractivity contribution >= 4 is 5.96 Å². The van der Waals surface area contributed by atoms with Crippen molar-refractivity contribution in [2.45, 2.75) is 51.1 Å². The van der Waals surface area contributed by atoms with Gasteiger partial charge < -0.3 is 15.0 Å². The topological polar surface area (TPSA) is 40.1 Å². The normalized spacial score (nSPS) is 25.7. The summed E-state index contributed by atoms with van der Waals surface area (Å²) in [5, 5.41) is 3.57.